The molecule has 0 saturated carbocycles. The van der Waals surface area contributed by atoms with E-state index < -0.39 is 0 Å². The number of furan rings is 1. The molecule has 110 valence electrons. The Morgan fingerprint density at radius 3 is 3.05 bits per heavy atom. The molecule has 5 nitrogen and oxygen atoms in total. The molecule has 3 aromatic heterocycles. The van der Waals surface area contributed by atoms with Crippen molar-refractivity contribution in [3.8, 4) is 11.5 Å². The van der Waals surface area contributed by atoms with Gasteiger partial charge < -0.3 is 9.73 Å². The average Bonchev–Trinajstić information content (AvgIpc) is 3.18. The minimum atomic E-state index is 0.692. The highest BCUT2D eigenvalue weighted by atomic mass is 35.5. The standard InChI is InChI=1S/C15H11ClN4OS/c1-20-7-11(6-17-20)18-15-19-12(8-22-15)14-5-9-4-10(16)2-3-13(9)21-14/h2-8H,1H3,(H,18,19). The molecule has 3 heterocycles. The first-order valence-electron chi connectivity index (χ1n) is 6.58. The number of halogens is 1. The summed E-state index contributed by atoms with van der Waals surface area (Å²) in [5, 5.41) is 11.7. The summed E-state index contributed by atoms with van der Waals surface area (Å²) in [5.41, 5.74) is 2.50. The van der Waals surface area contributed by atoms with Gasteiger partial charge in [0, 0.05) is 29.0 Å². The molecule has 22 heavy (non-hydrogen) atoms. The highest BCUT2D eigenvalue weighted by molar-refractivity contribution is 7.14. The number of benzene rings is 1. The molecule has 7 heteroatoms. The van der Waals surface area contributed by atoms with Crippen LogP contribution in [0, 0.1) is 0 Å². The van der Waals surface area contributed by atoms with Crippen LogP contribution in [0.1, 0.15) is 0 Å². The fourth-order valence-corrected chi connectivity index (χ4v) is 3.09. The summed E-state index contributed by atoms with van der Waals surface area (Å²) in [7, 11) is 1.87. The molecule has 0 bridgehead atoms. The lowest BCUT2D eigenvalue weighted by Crippen LogP contribution is -1.88. The van der Waals surface area contributed by atoms with E-state index in [1.807, 2.05) is 42.9 Å². The van der Waals surface area contributed by atoms with E-state index in [4.69, 9.17) is 16.0 Å². The monoisotopic (exact) mass is 330 g/mol. The quantitative estimate of drug-likeness (QED) is 0.592. The normalized spacial score (nSPS) is 11.2. The van der Waals surface area contributed by atoms with E-state index in [9.17, 15) is 0 Å². The molecule has 0 aliphatic carbocycles. The molecule has 0 radical (unpaired) electrons. The van der Waals surface area contributed by atoms with E-state index in [2.05, 4.69) is 15.4 Å². The Hall–Kier alpha value is -2.31. The van der Waals surface area contributed by atoms with Crippen LogP contribution in [0.3, 0.4) is 0 Å². The number of anilines is 2. The zero-order chi connectivity index (χ0) is 15.1. The fraction of sp³-hybridized carbons (Fsp3) is 0.0667. The summed E-state index contributed by atoms with van der Waals surface area (Å²) in [6, 6.07) is 7.51. The lowest BCUT2D eigenvalue weighted by Gasteiger charge is -1.95. The second kappa shape index (κ2) is 5.15. The molecule has 0 unspecified atom stereocenters. The van der Waals surface area contributed by atoms with Gasteiger partial charge in [0.05, 0.1) is 11.9 Å². The summed E-state index contributed by atoms with van der Waals surface area (Å²) in [5.74, 6) is 0.729. The SMILES string of the molecule is Cn1cc(Nc2nc(-c3cc4cc(Cl)ccc4o3)cs2)cn1. The van der Waals surface area contributed by atoms with Crippen molar-refractivity contribution >= 4 is 44.7 Å². The maximum absolute atomic E-state index is 6.00. The third-order valence-electron chi connectivity index (χ3n) is 3.19. The molecule has 0 saturated heterocycles. The molecule has 4 rings (SSSR count). The summed E-state index contributed by atoms with van der Waals surface area (Å²) >= 11 is 7.51. The van der Waals surface area contributed by atoms with E-state index in [1.165, 1.54) is 11.3 Å². The van der Waals surface area contributed by atoms with Crippen LogP contribution in [0.2, 0.25) is 5.02 Å². The molecule has 1 aromatic carbocycles. The first-order chi connectivity index (χ1) is 10.7. The van der Waals surface area contributed by atoms with Crippen molar-refractivity contribution in [3.63, 3.8) is 0 Å². The Labute approximate surface area is 135 Å². The summed E-state index contributed by atoms with van der Waals surface area (Å²) in [6.45, 7) is 0. The highest BCUT2D eigenvalue weighted by Crippen LogP contribution is 2.32. The smallest absolute Gasteiger partial charge is 0.187 e. The summed E-state index contributed by atoms with van der Waals surface area (Å²) in [6.07, 6.45) is 3.65. The third kappa shape index (κ3) is 2.47. The molecular weight excluding hydrogens is 320 g/mol. The number of aromatic nitrogens is 3. The number of nitrogens with zero attached hydrogens (tertiary/aromatic N) is 3. The topological polar surface area (TPSA) is 55.9 Å². The van der Waals surface area contributed by atoms with Gasteiger partial charge in [-0.2, -0.15) is 5.10 Å². The maximum Gasteiger partial charge on any atom is 0.187 e. The Morgan fingerprint density at radius 2 is 2.23 bits per heavy atom. The number of fused-ring (bicyclic) bond motifs is 1. The molecule has 0 amide bonds. The van der Waals surface area contributed by atoms with Gasteiger partial charge >= 0.3 is 0 Å². The summed E-state index contributed by atoms with van der Waals surface area (Å²) in [4.78, 5) is 4.55. The number of aryl methyl sites for hydroxylation is 1. The van der Waals surface area contributed by atoms with Crippen LogP contribution in [0.25, 0.3) is 22.4 Å². The number of hydrogen-bond acceptors (Lipinski definition) is 5. The van der Waals surface area contributed by atoms with Gasteiger partial charge in [0.1, 0.15) is 11.3 Å². The van der Waals surface area contributed by atoms with E-state index in [0.717, 1.165) is 33.2 Å². The highest BCUT2D eigenvalue weighted by Gasteiger charge is 2.11. The van der Waals surface area contributed by atoms with E-state index in [-0.39, 0.29) is 0 Å². The second-order valence-corrected chi connectivity index (χ2v) is 6.15. The number of thiazole rings is 1. The van der Waals surface area contributed by atoms with Gasteiger partial charge in [-0.05, 0) is 24.3 Å². The Morgan fingerprint density at radius 1 is 1.32 bits per heavy atom. The van der Waals surface area contributed by atoms with Crippen LogP contribution < -0.4 is 5.32 Å². The Bertz CT molecular complexity index is 955. The third-order valence-corrected chi connectivity index (χ3v) is 4.18. The van der Waals surface area contributed by atoms with Crippen molar-refractivity contribution in [2.45, 2.75) is 0 Å². The van der Waals surface area contributed by atoms with Crippen molar-refractivity contribution in [2.75, 3.05) is 5.32 Å². The minimum Gasteiger partial charge on any atom is -0.454 e. The van der Waals surface area contributed by atoms with Gasteiger partial charge in [-0.25, -0.2) is 4.98 Å². The van der Waals surface area contributed by atoms with Gasteiger partial charge in [-0.1, -0.05) is 11.6 Å². The van der Waals surface area contributed by atoms with Crippen LogP contribution in [-0.2, 0) is 7.05 Å². The van der Waals surface area contributed by atoms with Gasteiger partial charge in [0.15, 0.2) is 10.9 Å². The fourth-order valence-electron chi connectivity index (χ4n) is 2.19. The zero-order valence-electron chi connectivity index (χ0n) is 11.6. The largest absolute Gasteiger partial charge is 0.454 e. The predicted molar refractivity (Wildman–Crippen MR) is 88.8 cm³/mol. The summed E-state index contributed by atoms with van der Waals surface area (Å²) < 4.78 is 7.55. The van der Waals surface area contributed by atoms with Crippen LogP contribution >= 0.6 is 22.9 Å². The van der Waals surface area contributed by atoms with Crippen molar-refractivity contribution in [3.05, 3.63) is 47.1 Å². The predicted octanol–water partition coefficient (Wildman–Crippen LogP) is 4.69. The molecule has 1 N–H and O–H groups in total. The maximum atomic E-state index is 6.00. The molecule has 0 atom stereocenters. The van der Waals surface area contributed by atoms with Gasteiger partial charge in [0.25, 0.3) is 0 Å². The molecule has 0 aliphatic heterocycles. The van der Waals surface area contributed by atoms with Crippen molar-refractivity contribution in [2.24, 2.45) is 7.05 Å². The van der Waals surface area contributed by atoms with Gasteiger partial charge in [-0.3, -0.25) is 4.68 Å². The second-order valence-electron chi connectivity index (χ2n) is 4.86. The Balaban J connectivity index is 1.64. The average molecular weight is 331 g/mol. The van der Waals surface area contributed by atoms with Crippen molar-refractivity contribution in [1.82, 2.24) is 14.8 Å². The van der Waals surface area contributed by atoms with Crippen LogP contribution in [0.5, 0.6) is 0 Å². The lowest BCUT2D eigenvalue weighted by atomic mass is 10.2. The van der Waals surface area contributed by atoms with E-state index >= 15 is 0 Å². The molecule has 0 spiro atoms. The minimum absolute atomic E-state index is 0.692. The first-order valence-corrected chi connectivity index (χ1v) is 7.84. The molecular formula is C15H11ClN4OS. The number of rotatable bonds is 3. The molecule has 0 aliphatic rings. The zero-order valence-corrected chi connectivity index (χ0v) is 13.1. The molecule has 4 aromatic rings. The van der Waals surface area contributed by atoms with Crippen LogP contribution in [0.4, 0.5) is 10.8 Å². The number of nitrogens with one attached hydrogen (secondary N) is 1. The molecule has 0 fully saturated rings. The number of hydrogen-bond donors (Lipinski definition) is 1. The Kier molecular flexibility index (Phi) is 3.13. The first kappa shape index (κ1) is 13.4. The van der Waals surface area contributed by atoms with E-state index in [0.29, 0.717) is 5.02 Å². The van der Waals surface area contributed by atoms with Gasteiger partial charge in [0.2, 0.25) is 0 Å². The van der Waals surface area contributed by atoms with Crippen LogP contribution in [-0.4, -0.2) is 14.8 Å². The lowest BCUT2D eigenvalue weighted by molar-refractivity contribution is 0.629. The van der Waals surface area contributed by atoms with E-state index in [1.54, 1.807) is 10.9 Å². The van der Waals surface area contributed by atoms with Crippen molar-refractivity contribution < 1.29 is 4.42 Å². The van der Waals surface area contributed by atoms with Crippen molar-refractivity contribution in [1.29, 1.82) is 0 Å². The van der Waals surface area contributed by atoms with Crippen LogP contribution in [0.15, 0.2) is 46.5 Å². The van der Waals surface area contributed by atoms with Gasteiger partial charge in [-0.15, -0.1) is 11.3 Å².